The van der Waals surface area contributed by atoms with Crippen LogP contribution in [0.1, 0.15) is 0 Å². The molecule has 0 unspecified atom stereocenters. The number of hydrogen-bond acceptors (Lipinski definition) is 5. The van der Waals surface area contributed by atoms with Crippen molar-refractivity contribution in [3.63, 3.8) is 0 Å². The summed E-state index contributed by atoms with van der Waals surface area (Å²) in [5.41, 5.74) is 3.94. The molecule has 4 rings (SSSR count). The number of fused-ring (bicyclic) bond motifs is 1. The Bertz CT molecular complexity index is 955. The van der Waals surface area contributed by atoms with Crippen molar-refractivity contribution in [1.29, 1.82) is 0 Å². The number of benzene rings is 2. The molecule has 0 saturated carbocycles. The van der Waals surface area contributed by atoms with Gasteiger partial charge in [0.05, 0.1) is 11.2 Å². The van der Waals surface area contributed by atoms with E-state index in [1.54, 1.807) is 17.6 Å². The minimum absolute atomic E-state index is 0.0693. The fourth-order valence-corrected chi connectivity index (χ4v) is 3.49. The Hall–Kier alpha value is -3.19. The summed E-state index contributed by atoms with van der Waals surface area (Å²) in [7, 11) is 0. The first kappa shape index (κ1) is 16.3. The number of amides is 2. The largest absolute Gasteiger partial charge is 0.482 e. The summed E-state index contributed by atoms with van der Waals surface area (Å²) in [5, 5.41) is 3.53. The second kappa shape index (κ2) is 6.97. The molecule has 0 aliphatic carbocycles. The molecule has 26 heavy (non-hydrogen) atoms. The molecule has 2 aromatic carbocycles. The van der Waals surface area contributed by atoms with E-state index >= 15 is 0 Å². The maximum Gasteiger partial charge on any atom is 0.265 e. The Kier molecular flexibility index (Phi) is 4.37. The molecule has 1 aromatic heterocycles. The molecule has 7 heteroatoms. The highest BCUT2D eigenvalue weighted by atomic mass is 32.1. The van der Waals surface area contributed by atoms with Gasteiger partial charge in [-0.25, -0.2) is 4.98 Å². The lowest BCUT2D eigenvalue weighted by molar-refractivity contribution is -0.123. The first-order valence-electron chi connectivity index (χ1n) is 8.03. The van der Waals surface area contributed by atoms with Crippen molar-refractivity contribution >= 4 is 33.8 Å². The molecule has 3 aromatic rings. The van der Waals surface area contributed by atoms with Crippen LogP contribution in [0.4, 0.5) is 10.7 Å². The van der Waals surface area contributed by atoms with Crippen molar-refractivity contribution in [3.05, 3.63) is 60.1 Å². The molecule has 1 N–H and O–H groups in total. The van der Waals surface area contributed by atoms with Crippen LogP contribution >= 0.6 is 11.3 Å². The van der Waals surface area contributed by atoms with Crippen molar-refractivity contribution in [3.8, 4) is 17.0 Å². The second-order valence-electron chi connectivity index (χ2n) is 5.68. The molecular weight excluding hydrogens is 350 g/mol. The van der Waals surface area contributed by atoms with Gasteiger partial charge in [0.2, 0.25) is 5.91 Å². The molecule has 0 saturated heterocycles. The molecule has 1 aliphatic rings. The third-order valence-electron chi connectivity index (χ3n) is 3.98. The van der Waals surface area contributed by atoms with E-state index in [1.807, 2.05) is 42.5 Å². The summed E-state index contributed by atoms with van der Waals surface area (Å²) >= 11 is 1.35. The van der Waals surface area contributed by atoms with E-state index in [-0.39, 0.29) is 25.0 Å². The van der Waals surface area contributed by atoms with E-state index in [2.05, 4.69) is 10.3 Å². The number of para-hydroxylation sites is 2. The lowest BCUT2D eigenvalue weighted by Gasteiger charge is -2.28. The highest BCUT2D eigenvalue weighted by molar-refractivity contribution is 7.14. The van der Waals surface area contributed by atoms with E-state index in [4.69, 9.17) is 4.74 Å². The molecular formula is C19H15N3O3S. The summed E-state index contributed by atoms with van der Waals surface area (Å²) in [6, 6.07) is 16.8. The molecule has 6 nitrogen and oxygen atoms in total. The first-order valence-corrected chi connectivity index (χ1v) is 8.91. The summed E-state index contributed by atoms with van der Waals surface area (Å²) in [6.07, 6.45) is 0. The fourth-order valence-electron chi connectivity index (χ4n) is 2.77. The van der Waals surface area contributed by atoms with Crippen LogP contribution < -0.4 is 15.0 Å². The van der Waals surface area contributed by atoms with E-state index < -0.39 is 0 Å². The van der Waals surface area contributed by atoms with Gasteiger partial charge in [0.15, 0.2) is 6.61 Å². The second-order valence-corrected chi connectivity index (χ2v) is 6.54. The highest BCUT2D eigenvalue weighted by Crippen LogP contribution is 2.32. The van der Waals surface area contributed by atoms with Crippen molar-refractivity contribution in [2.45, 2.75) is 0 Å². The standard InChI is InChI=1S/C19H15N3O3S/c23-16(10-22-14-8-4-5-9-15(14)25-11-17(22)24)21-19-18(20-12-26-19)13-6-2-1-3-7-13/h1-9,12H,10-11H2,(H,21,23). The lowest BCUT2D eigenvalue weighted by Crippen LogP contribution is -2.43. The number of nitrogens with one attached hydrogen (secondary N) is 1. The minimum Gasteiger partial charge on any atom is -0.482 e. The molecule has 1 aliphatic heterocycles. The number of thiazole rings is 1. The quantitative estimate of drug-likeness (QED) is 0.771. The molecule has 0 radical (unpaired) electrons. The number of carbonyl (C=O) groups excluding carboxylic acids is 2. The Labute approximate surface area is 154 Å². The number of anilines is 2. The Balaban J connectivity index is 1.52. The number of aromatic nitrogens is 1. The van der Waals surface area contributed by atoms with Gasteiger partial charge in [-0.1, -0.05) is 42.5 Å². The van der Waals surface area contributed by atoms with Crippen LogP contribution in [-0.4, -0.2) is 29.9 Å². The molecule has 0 bridgehead atoms. The van der Waals surface area contributed by atoms with Gasteiger partial charge < -0.3 is 10.1 Å². The summed E-state index contributed by atoms with van der Waals surface area (Å²) in [5.74, 6) is 0.0746. The lowest BCUT2D eigenvalue weighted by atomic mass is 10.2. The molecule has 0 fully saturated rings. The van der Waals surface area contributed by atoms with Crippen LogP contribution in [0.15, 0.2) is 60.1 Å². The molecule has 130 valence electrons. The Morgan fingerprint density at radius 1 is 1.15 bits per heavy atom. The van der Waals surface area contributed by atoms with Crippen LogP contribution in [0.3, 0.4) is 0 Å². The fraction of sp³-hybridized carbons (Fsp3) is 0.105. The maximum atomic E-state index is 12.6. The maximum absolute atomic E-state index is 12.6. The topological polar surface area (TPSA) is 71.5 Å². The molecule has 0 atom stereocenters. The van der Waals surface area contributed by atoms with Gasteiger partial charge >= 0.3 is 0 Å². The van der Waals surface area contributed by atoms with Crippen LogP contribution in [0.2, 0.25) is 0 Å². The zero-order valence-corrected chi connectivity index (χ0v) is 14.5. The smallest absolute Gasteiger partial charge is 0.265 e. The van der Waals surface area contributed by atoms with E-state index in [0.717, 1.165) is 11.3 Å². The van der Waals surface area contributed by atoms with Gasteiger partial charge in [-0.05, 0) is 12.1 Å². The van der Waals surface area contributed by atoms with Crippen molar-refractivity contribution in [2.75, 3.05) is 23.4 Å². The van der Waals surface area contributed by atoms with Gasteiger partial charge in [-0.15, -0.1) is 11.3 Å². The summed E-state index contributed by atoms with van der Waals surface area (Å²) in [6.45, 7) is -0.147. The number of ether oxygens (including phenoxy) is 1. The molecule has 0 spiro atoms. The van der Waals surface area contributed by atoms with Crippen LogP contribution in [-0.2, 0) is 9.59 Å². The average molecular weight is 365 g/mol. The van der Waals surface area contributed by atoms with Gasteiger partial charge in [-0.2, -0.15) is 0 Å². The van der Waals surface area contributed by atoms with Gasteiger partial charge in [-0.3, -0.25) is 14.5 Å². The SMILES string of the molecule is O=C(CN1C(=O)COc2ccccc21)Nc1scnc1-c1ccccc1. The third kappa shape index (κ3) is 3.16. The van der Waals surface area contributed by atoms with Gasteiger partial charge in [0, 0.05) is 5.56 Å². The zero-order chi connectivity index (χ0) is 17.9. The number of nitrogens with zero attached hydrogens (tertiary/aromatic N) is 2. The zero-order valence-electron chi connectivity index (χ0n) is 13.7. The molecule has 2 amide bonds. The normalized spacial score (nSPS) is 13.1. The monoisotopic (exact) mass is 365 g/mol. The predicted octanol–water partition coefficient (Wildman–Crippen LogP) is 3.17. The molecule has 2 heterocycles. The average Bonchev–Trinajstić information content (AvgIpc) is 3.13. The number of hydrogen-bond donors (Lipinski definition) is 1. The van der Waals surface area contributed by atoms with E-state index in [9.17, 15) is 9.59 Å². The highest BCUT2D eigenvalue weighted by Gasteiger charge is 2.27. The first-order chi connectivity index (χ1) is 12.7. The predicted molar refractivity (Wildman–Crippen MR) is 100 cm³/mol. The third-order valence-corrected chi connectivity index (χ3v) is 4.72. The van der Waals surface area contributed by atoms with Crippen molar-refractivity contribution < 1.29 is 14.3 Å². The number of carbonyl (C=O) groups is 2. The van der Waals surface area contributed by atoms with Crippen molar-refractivity contribution in [2.24, 2.45) is 0 Å². The minimum atomic E-state index is -0.281. The van der Waals surface area contributed by atoms with E-state index in [0.29, 0.717) is 16.4 Å². The summed E-state index contributed by atoms with van der Waals surface area (Å²) in [4.78, 5) is 30.5. The Morgan fingerprint density at radius 2 is 1.92 bits per heavy atom. The van der Waals surface area contributed by atoms with E-state index in [1.165, 1.54) is 16.2 Å². The van der Waals surface area contributed by atoms with Crippen molar-refractivity contribution in [1.82, 2.24) is 4.98 Å². The Morgan fingerprint density at radius 3 is 2.77 bits per heavy atom. The van der Waals surface area contributed by atoms with Crippen LogP contribution in [0.25, 0.3) is 11.3 Å². The summed E-state index contributed by atoms with van der Waals surface area (Å²) < 4.78 is 5.40. The van der Waals surface area contributed by atoms with Crippen LogP contribution in [0, 0.1) is 0 Å². The number of rotatable bonds is 4. The van der Waals surface area contributed by atoms with Crippen LogP contribution in [0.5, 0.6) is 5.75 Å². The van der Waals surface area contributed by atoms with Gasteiger partial charge in [0.1, 0.15) is 23.0 Å². The van der Waals surface area contributed by atoms with Gasteiger partial charge in [0.25, 0.3) is 5.91 Å².